The van der Waals surface area contributed by atoms with Crippen molar-refractivity contribution in [3.05, 3.63) is 81.8 Å². The van der Waals surface area contributed by atoms with E-state index in [4.69, 9.17) is 9.88 Å². The number of thiazole rings is 1. The maximum absolute atomic E-state index is 13.3. The molecule has 10 nitrogen and oxygen atoms in total. The van der Waals surface area contributed by atoms with Gasteiger partial charge in [-0.25, -0.2) is 9.78 Å². The van der Waals surface area contributed by atoms with Crippen molar-refractivity contribution in [1.82, 2.24) is 15.6 Å². The smallest absolute Gasteiger partial charge is 0.407 e. The number of benzene rings is 2. The van der Waals surface area contributed by atoms with Crippen LogP contribution in [-0.2, 0) is 32.7 Å². The van der Waals surface area contributed by atoms with Crippen LogP contribution in [0.15, 0.2) is 60.0 Å². The summed E-state index contributed by atoms with van der Waals surface area (Å²) in [6.45, 7) is 1.86. The van der Waals surface area contributed by atoms with Crippen molar-refractivity contribution in [3.8, 4) is 5.75 Å². The summed E-state index contributed by atoms with van der Waals surface area (Å²) in [6.07, 6.45) is -0.0852. The van der Waals surface area contributed by atoms with Crippen LogP contribution in [0.4, 0.5) is 4.79 Å². The zero-order chi connectivity index (χ0) is 25.4. The van der Waals surface area contributed by atoms with Gasteiger partial charge < -0.3 is 19.6 Å². The highest BCUT2D eigenvalue weighted by Gasteiger charge is 2.26. The second kappa shape index (κ2) is 11.8. The third-order valence-corrected chi connectivity index (χ3v) is 6.18. The van der Waals surface area contributed by atoms with Crippen molar-refractivity contribution in [1.29, 1.82) is 0 Å². The number of nitrogens with two attached hydrogens (primary N) is 1. The van der Waals surface area contributed by atoms with Crippen LogP contribution in [-0.4, -0.2) is 38.6 Å². The summed E-state index contributed by atoms with van der Waals surface area (Å²) < 4.78 is 31.6. The van der Waals surface area contributed by atoms with Gasteiger partial charge in [0.1, 0.15) is 11.8 Å². The molecule has 35 heavy (non-hydrogen) atoms. The molecule has 0 saturated carbocycles. The van der Waals surface area contributed by atoms with E-state index < -0.39 is 34.4 Å². The van der Waals surface area contributed by atoms with Gasteiger partial charge in [-0.15, -0.1) is 11.3 Å². The lowest BCUT2D eigenvalue weighted by molar-refractivity contribution is -0.123. The number of methoxy groups -OCH3 is 1. The normalized spacial score (nSPS) is 12.9. The molecule has 0 spiro atoms. The Labute approximate surface area is 207 Å². The lowest BCUT2D eigenvalue weighted by Crippen LogP contribution is -2.49. The number of nitrogens with one attached hydrogen (secondary N) is 2. The highest BCUT2D eigenvalue weighted by Crippen LogP contribution is 2.23. The number of nitrogens with zero attached hydrogens (tertiary/aromatic N) is 1. The van der Waals surface area contributed by atoms with Gasteiger partial charge in [-0.05, 0) is 36.6 Å². The van der Waals surface area contributed by atoms with Crippen LogP contribution in [0, 0.1) is 6.92 Å². The monoisotopic (exact) mass is 518 g/mol. The predicted molar refractivity (Wildman–Crippen MR) is 131 cm³/mol. The van der Waals surface area contributed by atoms with Crippen LogP contribution in [0.25, 0.3) is 0 Å². The molecule has 0 fully saturated rings. The molecular weight excluding hydrogens is 492 g/mol. The Morgan fingerprint density at radius 3 is 2.26 bits per heavy atom. The van der Waals surface area contributed by atoms with E-state index in [0.717, 1.165) is 16.1 Å². The molecule has 0 bridgehead atoms. The number of hydrogen-bond donors (Lipinski definition) is 3. The highest BCUT2D eigenvalue weighted by atomic mass is 32.2. The van der Waals surface area contributed by atoms with Gasteiger partial charge in [0.25, 0.3) is 0 Å². The minimum Gasteiger partial charge on any atom is -0.453 e. The SMILES string of the molecule is COC(=O)NC(Cc1ccccc1)C(=O)NC(Cc1ccc(OS(N)(=O)=O)cc1)c1csc(C)n1. The average molecular weight is 519 g/mol. The number of carbonyl (C=O) groups is 2. The third kappa shape index (κ3) is 8.35. The van der Waals surface area contributed by atoms with Crippen LogP contribution >= 0.6 is 11.3 Å². The summed E-state index contributed by atoms with van der Waals surface area (Å²) in [6, 6.07) is 14.2. The molecular formula is C23H26N4O6S2. The summed E-state index contributed by atoms with van der Waals surface area (Å²) in [5.41, 5.74) is 2.33. The van der Waals surface area contributed by atoms with Gasteiger partial charge in [-0.3, -0.25) is 4.79 Å². The standard InChI is InChI=1S/C23H26N4O6S2/c1-15-25-21(14-34-15)19(12-17-8-10-18(11-9-17)33-35(24,30)31)26-22(28)20(27-23(29)32-2)13-16-6-4-3-5-7-16/h3-11,14,19-20H,12-13H2,1-2H3,(H,26,28)(H,27,29)(H2,24,30,31). The first-order valence-electron chi connectivity index (χ1n) is 10.5. The maximum atomic E-state index is 13.3. The van der Waals surface area contributed by atoms with E-state index >= 15 is 0 Å². The number of aromatic nitrogens is 1. The van der Waals surface area contributed by atoms with Crippen LogP contribution < -0.4 is 20.0 Å². The molecule has 2 unspecified atom stereocenters. The van der Waals surface area contributed by atoms with Gasteiger partial charge in [0.15, 0.2) is 0 Å². The van der Waals surface area contributed by atoms with Crippen LogP contribution in [0.3, 0.4) is 0 Å². The second-order valence-corrected chi connectivity index (χ2v) is 9.87. The number of amides is 2. The molecule has 1 heterocycles. The molecule has 3 rings (SSSR count). The number of ether oxygens (including phenoxy) is 1. The molecule has 2 atom stereocenters. The van der Waals surface area contributed by atoms with Crippen molar-refractivity contribution in [2.45, 2.75) is 31.8 Å². The number of alkyl carbamates (subject to hydrolysis) is 1. The van der Waals surface area contributed by atoms with Gasteiger partial charge in [-0.2, -0.15) is 13.6 Å². The second-order valence-electron chi connectivity index (χ2n) is 7.65. The summed E-state index contributed by atoms with van der Waals surface area (Å²) in [4.78, 5) is 29.7. The number of carbonyl (C=O) groups excluding carboxylic acids is 2. The van der Waals surface area contributed by atoms with Gasteiger partial charge in [0.2, 0.25) is 5.91 Å². The fourth-order valence-corrected chi connectivity index (χ4v) is 4.40. The zero-order valence-electron chi connectivity index (χ0n) is 19.1. The Morgan fingerprint density at radius 1 is 1.03 bits per heavy atom. The first kappa shape index (κ1) is 26.1. The lowest BCUT2D eigenvalue weighted by atomic mass is 10.0. The van der Waals surface area contributed by atoms with Gasteiger partial charge in [0.05, 0.1) is 23.9 Å². The average Bonchev–Trinajstić information content (AvgIpc) is 3.25. The quantitative estimate of drug-likeness (QED) is 0.373. The molecule has 0 saturated heterocycles. The Morgan fingerprint density at radius 2 is 1.69 bits per heavy atom. The van der Waals surface area contributed by atoms with Crippen molar-refractivity contribution >= 4 is 33.6 Å². The Bertz CT molecular complexity index is 1250. The number of hydrogen-bond acceptors (Lipinski definition) is 8. The van der Waals surface area contributed by atoms with Crippen molar-refractivity contribution in [3.63, 3.8) is 0 Å². The summed E-state index contributed by atoms with van der Waals surface area (Å²) in [5.74, 6) is -0.323. The van der Waals surface area contributed by atoms with Crippen molar-refractivity contribution < 1.29 is 26.9 Å². The highest BCUT2D eigenvalue weighted by molar-refractivity contribution is 7.84. The molecule has 2 aromatic carbocycles. The van der Waals surface area contributed by atoms with E-state index in [9.17, 15) is 18.0 Å². The van der Waals surface area contributed by atoms with E-state index in [0.29, 0.717) is 12.1 Å². The number of rotatable bonds is 10. The molecule has 4 N–H and O–H groups in total. The van der Waals surface area contributed by atoms with Crippen LogP contribution in [0.5, 0.6) is 5.75 Å². The van der Waals surface area contributed by atoms with Crippen LogP contribution in [0.2, 0.25) is 0 Å². The summed E-state index contributed by atoms with van der Waals surface area (Å²) >= 11 is 1.45. The summed E-state index contributed by atoms with van der Waals surface area (Å²) in [7, 11) is -2.89. The molecule has 12 heteroatoms. The minimum atomic E-state index is -4.13. The molecule has 0 aliphatic rings. The zero-order valence-corrected chi connectivity index (χ0v) is 20.8. The Hall–Kier alpha value is -3.48. The molecule has 0 aliphatic heterocycles. The third-order valence-electron chi connectivity index (χ3n) is 4.96. The van der Waals surface area contributed by atoms with E-state index in [1.807, 2.05) is 42.6 Å². The lowest BCUT2D eigenvalue weighted by Gasteiger charge is -2.23. The van der Waals surface area contributed by atoms with E-state index in [1.54, 1.807) is 12.1 Å². The van der Waals surface area contributed by atoms with E-state index in [2.05, 4.69) is 19.8 Å². The summed E-state index contributed by atoms with van der Waals surface area (Å²) in [5, 5.41) is 13.2. The first-order chi connectivity index (χ1) is 16.6. The minimum absolute atomic E-state index is 0.0755. The molecule has 0 aliphatic carbocycles. The largest absolute Gasteiger partial charge is 0.453 e. The molecule has 186 valence electrons. The van der Waals surface area contributed by atoms with Crippen molar-refractivity contribution in [2.75, 3.05) is 7.11 Å². The number of aryl methyl sites for hydroxylation is 1. The Balaban J connectivity index is 1.80. The fourth-order valence-electron chi connectivity index (χ4n) is 3.35. The van der Waals surface area contributed by atoms with Crippen molar-refractivity contribution in [2.24, 2.45) is 5.14 Å². The fraction of sp³-hybridized carbons (Fsp3) is 0.261. The Kier molecular flexibility index (Phi) is 8.79. The molecule has 1 aromatic heterocycles. The van der Waals surface area contributed by atoms with Crippen LogP contribution in [0.1, 0.15) is 27.9 Å². The predicted octanol–water partition coefficient (Wildman–Crippen LogP) is 2.40. The first-order valence-corrected chi connectivity index (χ1v) is 12.9. The van der Waals surface area contributed by atoms with E-state index in [-0.39, 0.29) is 12.2 Å². The molecule has 0 radical (unpaired) electrons. The van der Waals surface area contributed by atoms with Gasteiger partial charge in [0, 0.05) is 11.8 Å². The van der Waals surface area contributed by atoms with E-state index in [1.165, 1.54) is 30.6 Å². The maximum Gasteiger partial charge on any atom is 0.407 e. The molecule has 3 aromatic rings. The van der Waals surface area contributed by atoms with Gasteiger partial charge in [-0.1, -0.05) is 42.5 Å². The van der Waals surface area contributed by atoms with Gasteiger partial charge >= 0.3 is 16.4 Å². The topological polar surface area (TPSA) is 150 Å². The molecule has 2 amide bonds.